The fourth-order valence-electron chi connectivity index (χ4n) is 2.58. The molecule has 2 heterocycles. The summed E-state index contributed by atoms with van der Waals surface area (Å²) in [6.45, 7) is 1.23. The third-order valence-corrected chi connectivity index (χ3v) is 3.63. The monoisotopic (exact) mass is 308 g/mol. The molecule has 3 aromatic rings. The predicted octanol–water partition coefficient (Wildman–Crippen LogP) is 2.33. The normalized spacial score (nSPS) is 11.1. The first-order valence-electron chi connectivity index (χ1n) is 7.56. The topological polar surface area (TPSA) is 49.6 Å². The van der Waals surface area contributed by atoms with E-state index in [1.807, 2.05) is 67.2 Å². The van der Waals surface area contributed by atoms with Gasteiger partial charge in [-0.05, 0) is 43.9 Å². The SMILES string of the molecule is CN(C)Cc1cccc(C(=O)NCc2ncn3ccccc23)c1. The van der Waals surface area contributed by atoms with Crippen LogP contribution in [0.25, 0.3) is 5.52 Å². The van der Waals surface area contributed by atoms with Crippen LogP contribution in [0.5, 0.6) is 0 Å². The van der Waals surface area contributed by atoms with Gasteiger partial charge in [-0.1, -0.05) is 18.2 Å². The first kappa shape index (κ1) is 15.2. The zero-order chi connectivity index (χ0) is 16.2. The molecule has 0 fully saturated rings. The number of amides is 1. The molecule has 0 spiro atoms. The largest absolute Gasteiger partial charge is 0.346 e. The molecule has 118 valence electrons. The van der Waals surface area contributed by atoms with Gasteiger partial charge in [0, 0.05) is 18.3 Å². The number of rotatable bonds is 5. The first-order chi connectivity index (χ1) is 11.1. The van der Waals surface area contributed by atoms with Gasteiger partial charge in [0.05, 0.1) is 24.1 Å². The van der Waals surface area contributed by atoms with E-state index in [1.165, 1.54) is 0 Å². The van der Waals surface area contributed by atoms with Gasteiger partial charge < -0.3 is 14.6 Å². The molecule has 0 aliphatic rings. The minimum absolute atomic E-state index is 0.0808. The van der Waals surface area contributed by atoms with Crippen molar-refractivity contribution in [3.63, 3.8) is 0 Å². The highest BCUT2D eigenvalue weighted by Crippen LogP contribution is 2.10. The van der Waals surface area contributed by atoms with Gasteiger partial charge in [0.2, 0.25) is 0 Å². The van der Waals surface area contributed by atoms with Crippen LogP contribution in [-0.2, 0) is 13.1 Å². The van der Waals surface area contributed by atoms with Gasteiger partial charge in [-0.25, -0.2) is 4.98 Å². The average Bonchev–Trinajstić information content (AvgIpc) is 2.95. The number of imidazole rings is 1. The lowest BCUT2D eigenvalue weighted by molar-refractivity contribution is 0.0950. The fourth-order valence-corrected chi connectivity index (χ4v) is 2.58. The molecule has 1 amide bonds. The van der Waals surface area contributed by atoms with Crippen LogP contribution in [-0.4, -0.2) is 34.3 Å². The van der Waals surface area contributed by atoms with Gasteiger partial charge in [0.15, 0.2) is 0 Å². The summed E-state index contributed by atoms with van der Waals surface area (Å²) in [5.41, 5.74) is 3.67. The number of fused-ring (bicyclic) bond motifs is 1. The van der Waals surface area contributed by atoms with Gasteiger partial charge in [-0.3, -0.25) is 4.79 Å². The lowest BCUT2D eigenvalue weighted by Gasteiger charge is -2.11. The minimum Gasteiger partial charge on any atom is -0.346 e. The summed E-state index contributed by atoms with van der Waals surface area (Å²) < 4.78 is 1.94. The molecule has 0 aliphatic carbocycles. The maximum Gasteiger partial charge on any atom is 0.251 e. The summed E-state index contributed by atoms with van der Waals surface area (Å²) in [5.74, 6) is -0.0808. The summed E-state index contributed by atoms with van der Waals surface area (Å²) in [6, 6.07) is 13.6. The minimum atomic E-state index is -0.0808. The van der Waals surface area contributed by atoms with E-state index >= 15 is 0 Å². The molecule has 3 rings (SSSR count). The highest BCUT2D eigenvalue weighted by Gasteiger charge is 2.09. The molecule has 1 N–H and O–H groups in total. The Bertz CT molecular complexity index is 823. The van der Waals surface area contributed by atoms with Crippen molar-refractivity contribution in [2.75, 3.05) is 14.1 Å². The van der Waals surface area contributed by atoms with Crippen molar-refractivity contribution < 1.29 is 4.79 Å². The van der Waals surface area contributed by atoms with Crippen molar-refractivity contribution in [1.29, 1.82) is 0 Å². The molecule has 5 heteroatoms. The standard InChI is InChI=1S/C18H20N4O/c1-21(2)12-14-6-5-7-15(10-14)18(23)19-11-16-17-8-3-4-9-22(17)13-20-16/h3-10,13H,11-12H2,1-2H3,(H,19,23). The van der Waals surface area contributed by atoms with Crippen molar-refractivity contribution in [1.82, 2.24) is 19.6 Å². The van der Waals surface area contributed by atoms with Crippen molar-refractivity contribution >= 4 is 11.4 Å². The number of carbonyl (C=O) groups is 1. The van der Waals surface area contributed by atoms with Crippen LogP contribution in [0.15, 0.2) is 55.0 Å². The van der Waals surface area contributed by atoms with Crippen molar-refractivity contribution in [2.45, 2.75) is 13.1 Å². The average molecular weight is 308 g/mol. The predicted molar refractivity (Wildman–Crippen MR) is 90.2 cm³/mol. The maximum atomic E-state index is 12.4. The van der Waals surface area contributed by atoms with Gasteiger partial charge in [0.25, 0.3) is 5.91 Å². The van der Waals surface area contributed by atoms with E-state index in [-0.39, 0.29) is 5.91 Å². The third-order valence-electron chi connectivity index (χ3n) is 3.63. The molecule has 0 saturated heterocycles. The molecule has 0 saturated carbocycles. The summed E-state index contributed by atoms with van der Waals surface area (Å²) in [5, 5.41) is 2.95. The Hall–Kier alpha value is -2.66. The van der Waals surface area contributed by atoms with Gasteiger partial charge >= 0.3 is 0 Å². The van der Waals surface area contributed by atoms with E-state index in [0.29, 0.717) is 12.1 Å². The molecule has 5 nitrogen and oxygen atoms in total. The molecule has 1 aromatic carbocycles. The van der Waals surface area contributed by atoms with E-state index in [0.717, 1.165) is 23.3 Å². The molecular formula is C18H20N4O. The van der Waals surface area contributed by atoms with E-state index < -0.39 is 0 Å². The summed E-state index contributed by atoms with van der Waals surface area (Å²) in [4.78, 5) is 18.8. The smallest absolute Gasteiger partial charge is 0.251 e. The Morgan fingerprint density at radius 1 is 1.22 bits per heavy atom. The Labute approximate surface area is 135 Å². The lowest BCUT2D eigenvalue weighted by atomic mass is 10.1. The number of benzene rings is 1. The Balaban J connectivity index is 1.70. The van der Waals surface area contributed by atoms with Crippen molar-refractivity contribution in [3.05, 3.63) is 71.8 Å². The van der Waals surface area contributed by atoms with Crippen LogP contribution in [0, 0.1) is 0 Å². The quantitative estimate of drug-likeness (QED) is 0.787. The van der Waals surface area contributed by atoms with Crippen LogP contribution in [0.1, 0.15) is 21.6 Å². The van der Waals surface area contributed by atoms with E-state index in [1.54, 1.807) is 6.33 Å². The highest BCUT2D eigenvalue weighted by atomic mass is 16.1. The zero-order valence-corrected chi connectivity index (χ0v) is 13.4. The summed E-state index contributed by atoms with van der Waals surface area (Å²) in [6.07, 6.45) is 3.70. The molecule has 0 aliphatic heterocycles. The van der Waals surface area contributed by atoms with Crippen LogP contribution >= 0.6 is 0 Å². The second-order valence-corrected chi connectivity index (χ2v) is 5.81. The molecule has 0 bridgehead atoms. The number of carbonyl (C=O) groups excluding carboxylic acids is 1. The zero-order valence-electron chi connectivity index (χ0n) is 13.4. The van der Waals surface area contributed by atoms with Gasteiger partial charge in [-0.15, -0.1) is 0 Å². The first-order valence-corrected chi connectivity index (χ1v) is 7.56. The molecule has 0 radical (unpaired) electrons. The van der Waals surface area contributed by atoms with Crippen molar-refractivity contribution in [3.8, 4) is 0 Å². The number of nitrogens with zero attached hydrogens (tertiary/aromatic N) is 3. The lowest BCUT2D eigenvalue weighted by Crippen LogP contribution is -2.23. The highest BCUT2D eigenvalue weighted by molar-refractivity contribution is 5.94. The number of pyridine rings is 1. The van der Waals surface area contributed by atoms with Crippen LogP contribution < -0.4 is 5.32 Å². The number of aromatic nitrogens is 2. The molecule has 0 atom stereocenters. The van der Waals surface area contributed by atoms with Crippen molar-refractivity contribution in [2.24, 2.45) is 0 Å². The molecular weight excluding hydrogens is 288 g/mol. The van der Waals surface area contributed by atoms with Gasteiger partial charge in [0.1, 0.15) is 0 Å². The summed E-state index contributed by atoms with van der Waals surface area (Å²) in [7, 11) is 4.02. The number of hydrogen-bond acceptors (Lipinski definition) is 3. The molecule has 23 heavy (non-hydrogen) atoms. The van der Waals surface area contributed by atoms with Gasteiger partial charge in [-0.2, -0.15) is 0 Å². The molecule has 0 unspecified atom stereocenters. The second kappa shape index (κ2) is 6.62. The van der Waals surface area contributed by atoms with Crippen LogP contribution in [0.4, 0.5) is 0 Å². The molecule has 2 aromatic heterocycles. The van der Waals surface area contributed by atoms with E-state index in [4.69, 9.17) is 0 Å². The Morgan fingerprint density at radius 2 is 2.09 bits per heavy atom. The number of hydrogen-bond donors (Lipinski definition) is 1. The second-order valence-electron chi connectivity index (χ2n) is 5.81. The maximum absolute atomic E-state index is 12.4. The Morgan fingerprint density at radius 3 is 2.91 bits per heavy atom. The van der Waals surface area contributed by atoms with E-state index in [9.17, 15) is 4.79 Å². The summed E-state index contributed by atoms with van der Waals surface area (Å²) >= 11 is 0. The van der Waals surface area contributed by atoms with Crippen LogP contribution in [0.2, 0.25) is 0 Å². The van der Waals surface area contributed by atoms with Crippen LogP contribution in [0.3, 0.4) is 0 Å². The Kier molecular flexibility index (Phi) is 4.39. The third kappa shape index (κ3) is 3.57. The number of nitrogens with one attached hydrogen (secondary N) is 1. The fraction of sp³-hybridized carbons (Fsp3) is 0.222. The van der Waals surface area contributed by atoms with E-state index in [2.05, 4.69) is 15.2 Å².